The molecule has 1 aromatic rings. The van der Waals surface area contributed by atoms with Crippen molar-refractivity contribution in [2.24, 2.45) is 17.8 Å². The Morgan fingerprint density at radius 3 is 2.54 bits per heavy atom. The topological polar surface area (TPSA) is 49.4 Å². The van der Waals surface area contributed by atoms with Gasteiger partial charge >= 0.3 is 0 Å². The van der Waals surface area contributed by atoms with Crippen LogP contribution in [0.1, 0.15) is 63.9 Å². The number of hydrogen-bond donors (Lipinski definition) is 1. The number of nitrogens with zero attached hydrogens (tertiary/aromatic N) is 1. The molecule has 1 unspecified atom stereocenters. The Balaban J connectivity index is 1.50. The zero-order valence-corrected chi connectivity index (χ0v) is 16.9. The van der Waals surface area contributed by atoms with Crippen molar-refractivity contribution in [2.75, 3.05) is 6.54 Å². The highest BCUT2D eigenvalue weighted by Crippen LogP contribution is 2.49. The van der Waals surface area contributed by atoms with E-state index in [9.17, 15) is 14.0 Å². The monoisotopic (exact) mass is 386 g/mol. The number of nitrogens with one attached hydrogen (secondary N) is 1. The van der Waals surface area contributed by atoms with E-state index in [1.807, 2.05) is 4.90 Å². The van der Waals surface area contributed by atoms with E-state index in [1.54, 1.807) is 12.1 Å². The first kappa shape index (κ1) is 19.4. The molecule has 1 N–H and O–H groups in total. The van der Waals surface area contributed by atoms with Gasteiger partial charge in [-0.25, -0.2) is 4.39 Å². The van der Waals surface area contributed by atoms with Gasteiger partial charge in [0.25, 0.3) is 0 Å². The Hall–Kier alpha value is -1.91. The molecule has 3 fully saturated rings. The van der Waals surface area contributed by atoms with E-state index in [-0.39, 0.29) is 41.6 Å². The summed E-state index contributed by atoms with van der Waals surface area (Å²) >= 11 is 0. The Kier molecular flexibility index (Phi) is 5.44. The van der Waals surface area contributed by atoms with Crippen LogP contribution in [-0.2, 0) is 9.59 Å². The van der Waals surface area contributed by atoms with Crippen LogP contribution in [0.5, 0.6) is 0 Å². The molecule has 2 amide bonds. The van der Waals surface area contributed by atoms with Crippen molar-refractivity contribution >= 4 is 11.8 Å². The molecule has 3 aliphatic rings. The number of halogens is 1. The van der Waals surface area contributed by atoms with Crippen LogP contribution in [0, 0.1) is 23.6 Å². The summed E-state index contributed by atoms with van der Waals surface area (Å²) in [6.07, 6.45) is 6.21. The number of carbonyl (C=O) groups is 2. The lowest BCUT2D eigenvalue weighted by Gasteiger charge is -2.42. The van der Waals surface area contributed by atoms with Gasteiger partial charge in [-0.3, -0.25) is 9.59 Å². The van der Waals surface area contributed by atoms with Crippen LogP contribution in [0.25, 0.3) is 0 Å². The number of rotatable bonds is 5. The third-order valence-corrected chi connectivity index (χ3v) is 6.75. The summed E-state index contributed by atoms with van der Waals surface area (Å²) in [5.74, 6) is 0.795. The normalized spacial score (nSPS) is 30.6. The van der Waals surface area contributed by atoms with Crippen LogP contribution >= 0.6 is 0 Å². The fourth-order valence-corrected chi connectivity index (χ4v) is 5.12. The molecule has 1 saturated heterocycles. The standard InChI is InChI=1S/C23H31FN2O2/c1-14(2)11-21-22(27)25-20(16-5-3-4-6-16)13-26(21)23(28)19-12-18(19)15-7-9-17(24)10-8-15/h7-10,14,16,18-21H,3-6,11-13H2,1-2H3,(H,25,27)/t18-,19+,20?,21-/m0/s1. The van der Waals surface area contributed by atoms with Gasteiger partial charge in [-0.2, -0.15) is 0 Å². The molecule has 1 aromatic carbocycles. The van der Waals surface area contributed by atoms with Crippen LogP contribution in [0.4, 0.5) is 4.39 Å². The van der Waals surface area contributed by atoms with Gasteiger partial charge in [-0.1, -0.05) is 38.8 Å². The van der Waals surface area contributed by atoms with E-state index in [1.165, 1.54) is 25.0 Å². The molecule has 4 atom stereocenters. The van der Waals surface area contributed by atoms with Crippen molar-refractivity contribution < 1.29 is 14.0 Å². The minimum Gasteiger partial charge on any atom is -0.350 e. The Morgan fingerprint density at radius 1 is 1.21 bits per heavy atom. The van der Waals surface area contributed by atoms with E-state index in [2.05, 4.69) is 19.2 Å². The average molecular weight is 387 g/mol. The highest BCUT2D eigenvalue weighted by atomic mass is 19.1. The molecule has 0 spiro atoms. The number of amides is 2. The predicted octanol–water partition coefficient (Wildman–Crippen LogP) is 3.86. The molecule has 2 saturated carbocycles. The van der Waals surface area contributed by atoms with Gasteiger partial charge in [-0.15, -0.1) is 0 Å². The van der Waals surface area contributed by atoms with Crippen LogP contribution in [0.3, 0.4) is 0 Å². The second-order valence-electron chi connectivity index (χ2n) is 9.30. The maximum Gasteiger partial charge on any atom is 0.243 e. The van der Waals surface area contributed by atoms with Gasteiger partial charge in [0.15, 0.2) is 0 Å². The molecule has 0 radical (unpaired) electrons. The molecule has 4 rings (SSSR count). The summed E-state index contributed by atoms with van der Waals surface area (Å²) in [7, 11) is 0. The van der Waals surface area contributed by atoms with Crippen molar-refractivity contribution in [1.82, 2.24) is 10.2 Å². The van der Waals surface area contributed by atoms with Gasteiger partial charge in [0, 0.05) is 18.5 Å². The van der Waals surface area contributed by atoms with Crippen molar-refractivity contribution in [3.8, 4) is 0 Å². The van der Waals surface area contributed by atoms with Crippen molar-refractivity contribution in [3.63, 3.8) is 0 Å². The van der Waals surface area contributed by atoms with Gasteiger partial charge in [0.05, 0.1) is 0 Å². The average Bonchev–Trinajstić information content (AvgIpc) is 3.26. The van der Waals surface area contributed by atoms with Gasteiger partial charge in [0.2, 0.25) is 11.8 Å². The Bertz CT molecular complexity index is 727. The summed E-state index contributed by atoms with van der Waals surface area (Å²) < 4.78 is 13.2. The summed E-state index contributed by atoms with van der Waals surface area (Å²) in [5, 5.41) is 3.23. The molecule has 1 heterocycles. The lowest BCUT2D eigenvalue weighted by atomic mass is 9.91. The quantitative estimate of drug-likeness (QED) is 0.835. The van der Waals surface area contributed by atoms with Crippen LogP contribution in [0.2, 0.25) is 0 Å². The second-order valence-corrected chi connectivity index (χ2v) is 9.30. The third-order valence-electron chi connectivity index (χ3n) is 6.75. The minimum absolute atomic E-state index is 0.0178. The third kappa shape index (κ3) is 3.94. The zero-order valence-electron chi connectivity index (χ0n) is 16.9. The number of hydrogen-bond acceptors (Lipinski definition) is 2. The first-order chi connectivity index (χ1) is 13.4. The van der Waals surface area contributed by atoms with Gasteiger partial charge in [-0.05, 0) is 61.1 Å². The van der Waals surface area contributed by atoms with E-state index >= 15 is 0 Å². The molecule has 4 nitrogen and oxygen atoms in total. The summed E-state index contributed by atoms with van der Waals surface area (Å²) in [6, 6.07) is 6.21. The van der Waals surface area contributed by atoms with Crippen LogP contribution in [-0.4, -0.2) is 35.3 Å². The second kappa shape index (κ2) is 7.84. The van der Waals surface area contributed by atoms with Crippen LogP contribution in [0.15, 0.2) is 24.3 Å². The first-order valence-corrected chi connectivity index (χ1v) is 10.8. The Morgan fingerprint density at radius 2 is 1.89 bits per heavy atom. The summed E-state index contributed by atoms with van der Waals surface area (Å²) in [4.78, 5) is 28.2. The number of carbonyl (C=O) groups excluding carboxylic acids is 2. The molecular weight excluding hydrogens is 355 g/mol. The van der Waals surface area contributed by atoms with E-state index in [0.29, 0.717) is 24.8 Å². The predicted molar refractivity (Wildman–Crippen MR) is 106 cm³/mol. The summed E-state index contributed by atoms with van der Waals surface area (Å²) in [5.41, 5.74) is 1.02. The molecule has 0 bridgehead atoms. The van der Waals surface area contributed by atoms with Crippen LogP contribution < -0.4 is 5.32 Å². The fourth-order valence-electron chi connectivity index (χ4n) is 5.12. The molecule has 152 valence electrons. The van der Waals surface area contributed by atoms with Crippen molar-refractivity contribution in [3.05, 3.63) is 35.6 Å². The SMILES string of the molecule is CC(C)C[C@H]1C(=O)NC(C2CCCC2)CN1C(=O)[C@@H]1C[C@H]1c1ccc(F)cc1. The Labute approximate surface area is 166 Å². The largest absolute Gasteiger partial charge is 0.350 e. The van der Waals surface area contributed by atoms with Gasteiger partial charge in [0.1, 0.15) is 11.9 Å². The lowest BCUT2D eigenvalue weighted by Crippen LogP contribution is -2.63. The minimum atomic E-state index is -0.361. The zero-order chi connectivity index (χ0) is 19.8. The fraction of sp³-hybridized carbons (Fsp3) is 0.652. The maximum absolute atomic E-state index is 13.4. The smallest absolute Gasteiger partial charge is 0.243 e. The lowest BCUT2D eigenvalue weighted by molar-refractivity contribution is -0.147. The van der Waals surface area contributed by atoms with Crippen molar-refractivity contribution in [1.29, 1.82) is 0 Å². The molecule has 2 aliphatic carbocycles. The highest BCUT2D eigenvalue weighted by molar-refractivity contribution is 5.91. The highest BCUT2D eigenvalue weighted by Gasteiger charge is 2.50. The van der Waals surface area contributed by atoms with E-state index in [0.717, 1.165) is 24.8 Å². The van der Waals surface area contributed by atoms with Gasteiger partial charge < -0.3 is 10.2 Å². The van der Waals surface area contributed by atoms with E-state index in [4.69, 9.17) is 0 Å². The molecule has 5 heteroatoms. The summed E-state index contributed by atoms with van der Waals surface area (Å²) in [6.45, 7) is 4.83. The molecule has 28 heavy (non-hydrogen) atoms. The molecule has 0 aromatic heterocycles. The molecular formula is C23H31FN2O2. The molecule has 1 aliphatic heterocycles. The maximum atomic E-state index is 13.4. The van der Waals surface area contributed by atoms with Crippen molar-refractivity contribution in [2.45, 2.75) is 70.4 Å². The first-order valence-electron chi connectivity index (χ1n) is 10.8. The van der Waals surface area contributed by atoms with E-state index < -0.39 is 0 Å². The number of piperazine rings is 1. The number of benzene rings is 1.